The van der Waals surface area contributed by atoms with Crippen molar-refractivity contribution >= 4 is 17.3 Å². The van der Waals surface area contributed by atoms with Crippen LogP contribution in [0.1, 0.15) is 0 Å². The molecule has 0 fully saturated rings. The van der Waals surface area contributed by atoms with Crippen molar-refractivity contribution in [1.29, 1.82) is 0 Å². The van der Waals surface area contributed by atoms with E-state index in [9.17, 15) is 0 Å². The molecule has 0 aliphatic carbocycles. The third kappa shape index (κ3) is 2.81. The average molecular weight is 214 g/mol. The smallest absolute Gasteiger partial charge is 0.188 e. The second-order valence-electron chi connectivity index (χ2n) is 2.36. The van der Waals surface area contributed by atoms with Gasteiger partial charge in [-0.2, -0.15) is 0 Å². The number of benzene rings is 1. The lowest BCUT2D eigenvalue weighted by molar-refractivity contribution is 0.0512. The lowest BCUT2D eigenvalue weighted by Crippen LogP contribution is -1.98. The Morgan fingerprint density at radius 3 is 2.93 bits per heavy atom. The number of ether oxygens (including phenoxy) is 2. The maximum absolute atomic E-state index is 8.19. The normalized spacial score (nSPS) is 9.29. The zero-order valence-electron chi connectivity index (χ0n) is 7.48. The second-order valence-corrected chi connectivity index (χ2v) is 2.76. The molecule has 1 aromatic carbocycles. The van der Waals surface area contributed by atoms with Crippen LogP contribution in [-0.2, 0) is 4.74 Å². The van der Waals surface area contributed by atoms with Crippen LogP contribution >= 0.6 is 11.6 Å². The molecule has 1 aromatic rings. The topological polar surface area (TPSA) is 67.2 Å². The quantitative estimate of drug-likeness (QED) is 0.333. The fourth-order valence-electron chi connectivity index (χ4n) is 0.843. The summed E-state index contributed by atoms with van der Waals surface area (Å²) in [7, 11) is 1.52. The van der Waals surface area contributed by atoms with Crippen molar-refractivity contribution in [3.8, 4) is 5.75 Å². The van der Waals surface area contributed by atoms with Crippen molar-refractivity contribution in [1.82, 2.24) is 0 Å². The first-order valence-electron chi connectivity index (χ1n) is 3.74. The molecule has 0 amide bonds. The van der Waals surface area contributed by atoms with Crippen LogP contribution in [-0.4, -0.2) is 13.9 Å². The monoisotopic (exact) mass is 213 g/mol. The molecule has 1 rings (SSSR count). The lowest BCUT2D eigenvalue weighted by Gasteiger charge is -2.06. The highest BCUT2D eigenvalue weighted by Crippen LogP contribution is 2.28. The molecule has 0 atom stereocenters. The Morgan fingerprint density at radius 1 is 1.57 bits per heavy atom. The van der Waals surface area contributed by atoms with Crippen molar-refractivity contribution in [2.24, 2.45) is 5.11 Å². The summed E-state index contributed by atoms with van der Waals surface area (Å²) in [4.78, 5) is 2.64. The first-order valence-corrected chi connectivity index (χ1v) is 4.12. The molecule has 5 nitrogen and oxygen atoms in total. The Bertz CT molecular complexity index is 364. The van der Waals surface area contributed by atoms with E-state index >= 15 is 0 Å². The fraction of sp³-hybridized carbons (Fsp3) is 0.250. The highest BCUT2D eigenvalue weighted by atomic mass is 35.5. The third-order valence-electron chi connectivity index (χ3n) is 1.41. The second kappa shape index (κ2) is 5.34. The molecule has 0 aliphatic rings. The van der Waals surface area contributed by atoms with Gasteiger partial charge in [-0.25, -0.2) is 0 Å². The van der Waals surface area contributed by atoms with Gasteiger partial charge in [0, 0.05) is 17.7 Å². The van der Waals surface area contributed by atoms with E-state index in [4.69, 9.17) is 26.6 Å². The summed E-state index contributed by atoms with van der Waals surface area (Å²) >= 11 is 5.84. The first kappa shape index (κ1) is 10.7. The van der Waals surface area contributed by atoms with Crippen LogP contribution in [0.4, 0.5) is 5.69 Å². The number of rotatable bonds is 4. The molecule has 14 heavy (non-hydrogen) atoms. The van der Waals surface area contributed by atoms with Gasteiger partial charge in [0.2, 0.25) is 0 Å². The van der Waals surface area contributed by atoms with Crippen molar-refractivity contribution < 1.29 is 9.47 Å². The maximum atomic E-state index is 8.19. The number of methoxy groups -OCH3 is 1. The molecule has 0 saturated heterocycles. The third-order valence-corrected chi connectivity index (χ3v) is 1.70. The van der Waals surface area contributed by atoms with Crippen LogP contribution in [0.5, 0.6) is 5.75 Å². The van der Waals surface area contributed by atoms with E-state index in [-0.39, 0.29) is 6.79 Å². The van der Waals surface area contributed by atoms with Crippen LogP contribution in [0.15, 0.2) is 23.3 Å². The maximum Gasteiger partial charge on any atom is 0.188 e. The van der Waals surface area contributed by atoms with Gasteiger partial charge in [-0.1, -0.05) is 16.7 Å². The Labute approximate surface area is 85.8 Å². The summed E-state index contributed by atoms with van der Waals surface area (Å²) in [6.07, 6.45) is 0. The van der Waals surface area contributed by atoms with E-state index < -0.39 is 0 Å². The molecule has 0 aliphatic heterocycles. The Balaban J connectivity index is 2.84. The largest absolute Gasteiger partial charge is 0.466 e. The van der Waals surface area contributed by atoms with E-state index in [0.29, 0.717) is 16.5 Å². The highest BCUT2D eigenvalue weighted by molar-refractivity contribution is 6.32. The number of nitrogens with zero attached hydrogens (tertiary/aromatic N) is 3. The van der Waals surface area contributed by atoms with Gasteiger partial charge >= 0.3 is 0 Å². The van der Waals surface area contributed by atoms with Gasteiger partial charge in [0.25, 0.3) is 0 Å². The minimum absolute atomic E-state index is 0.126. The SMILES string of the molecule is COCOc1ccc(N=[N+]=[N-])cc1Cl. The lowest BCUT2D eigenvalue weighted by atomic mass is 10.3. The summed E-state index contributed by atoms with van der Waals surface area (Å²) in [5, 5.41) is 3.78. The molecule has 6 heteroatoms. The fourth-order valence-corrected chi connectivity index (χ4v) is 1.07. The van der Waals surface area contributed by atoms with Crippen molar-refractivity contribution in [2.75, 3.05) is 13.9 Å². The van der Waals surface area contributed by atoms with Crippen molar-refractivity contribution in [2.45, 2.75) is 0 Å². The molecular weight excluding hydrogens is 206 g/mol. The number of halogens is 1. The van der Waals surface area contributed by atoms with Crippen LogP contribution < -0.4 is 4.74 Å². The number of azide groups is 1. The molecule has 0 aromatic heterocycles. The van der Waals surface area contributed by atoms with E-state index in [2.05, 4.69) is 10.0 Å². The summed E-state index contributed by atoms with van der Waals surface area (Å²) in [6.45, 7) is 0.126. The van der Waals surface area contributed by atoms with Crippen LogP contribution in [0, 0.1) is 0 Å². The van der Waals surface area contributed by atoms with Gasteiger partial charge < -0.3 is 9.47 Å². The summed E-state index contributed by atoms with van der Waals surface area (Å²) in [5.74, 6) is 0.491. The van der Waals surface area contributed by atoms with Crippen LogP contribution in [0.2, 0.25) is 5.02 Å². The molecular formula is C8H8ClN3O2. The minimum Gasteiger partial charge on any atom is -0.466 e. The highest BCUT2D eigenvalue weighted by Gasteiger charge is 2.01. The number of hydrogen-bond donors (Lipinski definition) is 0. The summed E-state index contributed by atoms with van der Waals surface area (Å²) in [6, 6.07) is 4.74. The molecule has 0 bridgehead atoms. The molecule has 0 radical (unpaired) electrons. The number of hydrogen-bond acceptors (Lipinski definition) is 3. The molecule has 74 valence electrons. The van der Waals surface area contributed by atoms with Gasteiger partial charge in [0.15, 0.2) is 6.79 Å². The predicted molar refractivity (Wildman–Crippen MR) is 52.8 cm³/mol. The van der Waals surface area contributed by atoms with E-state index in [1.807, 2.05) is 0 Å². The standard InChI is InChI=1S/C8H8ClN3O2/c1-13-5-14-8-3-2-6(11-12-10)4-7(8)9/h2-4H,5H2,1H3. The van der Waals surface area contributed by atoms with Crippen molar-refractivity contribution in [3.05, 3.63) is 33.7 Å². The molecule has 0 saturated carbocycles. The Hall–Kier alpha value is -1.42. The average Bonchev–Trinajstić information content (AvgIpc) is 2.17. The van der Waals surface area contributed by atoms with Gasteiger partial charge in [-0.3, -0.25) is 0 Å². The zero-order valence-corrected chi connectivity index (χ0v) is 8.23. The summed E-state index contributed by atoms with van der Waals surface area (Å²) in [5.41, 5.74) is 8.63. The molecule has 0 spiro atoms. The zero-order chi connectivity index (χ0) is 10.4. The van der Waals surface area contributed by atoms with Gasteiger partial charge in [-0.15, -0.1) is 0 Å². The van der Waals surface area contributed by atoms with E-state index in [1.165, 1.54) is 13.2 Å². The van der Waals surface area contributed by atoms with Gasteiger partial charge in [0.05, 0.1) is 5.02 Å². The molecule has 0 N–H and O–H groups in total. The first-order chi connectivity index (χ1) is 6.77. The van der Waals surface area contributed by atoms with Gasteiger partial charge in [0.1, 0.15) is 5.75 Å². The Kier molecular flexibility index (Phi) is 4.07. The summed E-state index contributed by atoms with van der Waals surface area (Å²) < 4.78 is 9.85. The van der Waals surface area contributed by atoms with E-state index in [0.717, 1.165) is 0 Å². The van der Waals surface area contributed by atoms with Gasteiger partial charge in [-0.05, 0) is 23.7 Å². The molecule has 0 unspecified atom stereocenters. The predicted octanol–water partition coefficient (Wildman–Crippen LogP) is 3.26. The minimum atomic E-state index is 0.126. The van der Waals surface area contributed by atoms with E-state index in [1.54, 1.807) is 12.1 Å². The molecule has 0 heterocycles. The van der Waals surface area contributed by atoms with Crippen LogP contribution in [0.25, 0.3) is 10.4 Å². The Morgan fingerprint density at radius 2 is 2.36 bits per heavy atom. The van der Waals surface area contributed by atoms with Crippen molar-refractivity contribution in [3.63, 3.8) is 0 Å². The van der Waals surface area contributed by atoms with Crippen LogP contribution in [0.3, 0.4) is 0 Å².